The van der Waals surface area contributed by atoms with Crippen LogP contribution >= 0.6 is 0 Å². The third-order valence-corrected chi connectivity index (χ3v) is 10.1. The van der Waals surface area contributed by atoms with Crippen LogP contribution in [-0.4, -0.2) is 15.0 Å². The third-order valence-electron chi connectivity index (χ3n) is 10.1. The highest BCUT2D eigenvalue weighted by molar-refractivity contribution is 6.01. The molecular formula is C47H31N3O. The Hall–Kier alpha value is -6.65. The van der Waals surface area contributed by atoms with Crippen LogP contribution in [0.25, 0.3) is 73.1 Å². The Balaban J connectivity index is 1.16. The van der Waals surface area contributed by atoms with Crippen LogP contribution < -0.4 is 0 Å². The van der Waals surface area contributed by atoms with Crippen LogP contribution in [0.5, 0.6) is 0 Å². The molecule has 0 N–H and O–H groups in total. The standard InChI is InChI=1S/C47H31N3O/c1-3-12-30(13-4-1)32-22-25-33(26-23-32)42-38-19-10-9-18-36(38)29-40-43-39(20-11-21-41(43)51-44(40)42)47-49-45(34-15-5-2-6-16-34)48-46(50-47)37-27-24-31-14-7-8-17-35(31)28-37/h1-29,38,42H. The van der Waals surface area contributed by atoms with Gasteiger partial charge in [-0.15, -0.1) is 0 Å². The molecule has 10 rings (SSSR count). The first-order valence-corrected chi connectivity index (χ1v) is 17.4. The Bertz CT molecular complexity index is 2690. The Labute approximate surface area is 295 Å². The van der Waals surface area contributed by atoms with Crippen LogP contribution in [0.1, 0.15) is 22.8 Å². The summed E-state index contributed by atoms with van der Waals surface area (Å²) in [7, 11) is 0. The van der Waals surface area contributed by atoms with Gasteiger partial charge in [0, 0.05) is 33.6 Å². The summed E-state index contributed by atoms with van der Waals surface area (Å²) in [6.45, 7) is 0. The van der Waals surface area contributed by atoms with Gasteiger partial charge in [0.15, 0.2) is 17.5 Å². The molecule has 8 aromatic rings. The zero-order valence-corrected chi connectivity index (χ0v) is 27.6. The fraction of sp³-hybridized carbons (Fsp3) is 0.0426. The highest BCUT2D eigenvalue weighted by atomic mass is 16.3. The predicted molar refractivity (Wildman–Crippen MR) is 207 cm³/mol. The Morgan fingerprint density at radius 2 is 1.18 bits per heavy atom. The summed E-state index contributed by atoms with van der Waals surface area (Å²) < 4.78 is 6.89. The van der Waals surface area contributed by atoms with Crippen molar-refractivity contribution in [3.05, 3.63) is 192 Å². The number of rotatable bonds is 5. The van der Waals surface area contributed by atoms with E-state index in [1.54, 1.807) is 0 Å². The first kappa shape index (κ1) is 29.3. The molecule has 51 heavy (non-hydrogen) atoms. The van der Waals surface area contributed by atoms with Gasteiger partial charge in [-0.1, -0.05) is 158 Å². The van der Waals surface area contributed by atoms with Crippen molar-refractivity contribution in [2.24, 2.45) is 5.92 Å². The highest BCUT2D eigenvalue weighted by Crippen LogP contribution is 2.50. The van der Waals surface area contributed by atoms with Gasteiger partial charge in [0.2, 0.25) is 0 Å². The van der Waals surface area contributed by atoms with Crippen LogP contribution in [-0.2, 0) is 0 Å². The average molecular weight is 654 g/mol. The van der Waals surface area contributed by atoms with Gasteiger partial charge in [0.1, 0.15) is 11.3 Å². The molecule has 0 bridgehead atoms. The number of furan rings is 1. The molecule has 2 atom stereocenters. The fourth-order valence-electron chi connectivity index (χ4n) is 7.64. The lowest BCUT2D eigenvalue weighted by Gasteiger charge is -2.30. The monoisotopic (exact) mass is 653 g/mol. The fourth-order valence-corrected chi connectivity index (χ4v) is 7.64. The molecule has 0 amide bonds. The summed E-state index contributed by atoms with van der Waals surface area (Å²) in [4.78, 5) is 15.3. The number of hydrogen-bond donors (Lipinski definition) is 0. The molecule has 240 valence electrons. The largest absolute Gasteiger partial charge is 0.460 e. The van der Waals surface area contributed by atoms with E-state index in [0.717, 1.165) is 44.4 Å². The van der Waals surface area contributed by atoms with E-state index in [9.17, 15) is 0 Å². The molecule has 0 spiro atoms. The van der Waals surface area contributed by atoms with Crippen molar-refractivity contribution >= 4 is 27.8 Å². The maximum Gasteiger partial charge on any atom is 0.164 e. The van der Waals surface area contributed by atoms with Crippen LogP contribution in [0.2, 0.25) is 0 Å². The van der Waals surface area contributed by atoms with E-state index < -0.39 is 0 Å². The summed E-state index contributed by atoms with van der Waals surface area (Å²) in [5.74, 6) is 3.02. The SMILES string of the molecule is C1=CC2=Cc3c(oc4cccc(-c5nc(-c6ccccc6)nc(-c6ccc7ccccc7c6)n5)c34)C(c3ccc(-c4ccccc4)cc3)C2C=C1. The van der Waals surface area contributed by atoms with E-state index in [1.807, 2.05) is 36.4 Å². The second kappa shape index (κ2) is 12.0. The molecule has 2 aliphatic carbocycles. The van der Waals surface area contributed by atoms with E-state index >= 15 is 0 Å². The van der Waals surface area contributed by atoms with Crippen molar-refractivity contribution in [1.82, 2.24) is 15.0 Å². The molecule has 0 saturated heterocycles. The van der Waals surface area contributed by atoms with E-state index in [1.165, 1.54) is 27.6 Å². The van der Waals surface area contributed by atoms with Gasteiger partial charge in [0.25, 0.3) is 0 Å². The molecule has 2 unspecified atom stereocenters. The lowest BCUT2D eigenvalue weighted by molar-refractivity contribution is 0.480. The minimum absolute atomic E-state index is 0.0117. The first-order chi connectivity index (χ1) is 25.3. The molecule has 4 heteroatoms. The average Bonchev–Trinajstić information content (AvgIpc) is 3.58. The van der Waals surface area contributed by atoms with E-state index in [0.29, 0.717) is 17.5 Å². The van der Waals surface area contributed by atoms with Crippen molar-refractivity contribution in [3.63, 3.8) is 0 Å². The predicted octanol–water partition coefficient (Wildman–Crippen LogP) is 11.7. The first-order valence-electron chi connectivity index (χ1n) is 17.4. The molecule has 0 fully saturated rings. The van der Waals surface area contributed by atoms with Crippen molar-refractivity contribution in [2.45, 2.75) is 5.92 Å². The zero-order chi connectivity index (χ0) is 33.7. The molecule has 0 saturated carbocycles. The Morgan fingerprint density at radius 1 is 0.510 bits per heavy atom. The van der Waals surface area contributed by atoms with Gasteiger partial charge in [-0.25, -0.2) is 15.0 Å². The Kier molecular flexibility index (Phi) is 6.91. The number of hydrogen-bond acceptors (Lipinski definition) is 4. The van der Waals surface area contributed by atoms with Crippen LogP contribution in [0, 0.1) is 5.92 Å². The van der Waals surface area contributed by atoms with Crippen molar-refractivity contribution in [2.75, 3.05) is 0 Å². The molecule has 6 aromatic carbocycles. The van der Waals surface area contributed by atoms with Crippen molar-refractivity contribution in [1.29, 1.82) is 0 Å². The summed E-state index contributed by atoms with van der Waals surface area (Å²) in [6.07, 6.45) is 11.1. The maximum absolute atomic E-state index is 6.89. The number of fused-ring (bicyclic) bond motifs is 5. The van der Waals surface area contributed by atoms with Gasteiger partial charge in [0.05, 0.1) is 5.92 Å². The summed E-state index contributed by atoms with van der Waals surface area (Å²) in [5.41, 5.74) is 9.59. The maximum atomic E-state index is 6.89. The number of allylic oxidation sites excluding steroid dienone is 5. The van der Waals surface area contributed by atoms with Crippen LogP contribution in [0.4, 0.5) is 0 Å². The molecule has 0 radical (unpaired) electrons. The van der Waals surface area contributed by atoms with Gasteiger partial charge in [-0.3, -0.25) is 0 Å². The van der Waals surface area contributed by atoms with Gasteiger partial charge < -0.3 is 4.42 Å². The normalized spacial score (nSPS) is 16.2. The summed E-state index contributed by atoms with van der Waals surface area (Å²) in [5, 5.41) is 3.33. The topological polar surface area (TPSA) is 51.8 Å². The Morgan fingerprint density at radius 3 is 1.98 bits per heavy atom. The lowest BCUT2D eigenvalue weighted by Crippen LogP contribution is -2.19. The minimum Gasteiger partial charge on any atom is -0.460 e. The van der Waals surface area contributed by atoms with Crippen molar-refractivity contribution < 1.29 is 4.42 Å². The number of benzene rings is 6. The van der Waals surface area contributed by atoms with E-state index in [4.69, 9.17) is 19.4 Å². The van der Waals surface area contributed by atoms with E-state index in [2.05, 4.69) is 140 Å². The molecular weight excluding hydrogens is 623 g/mol. The van der Waals surface area contributed by atoms with Gasteiger partial charge in [-0.2, -0.15) is 0 Å². The molecule has 0 aliphatic heterocycles. The second-order valence-corrected chi connectivity index (χ2v) is 13.2. The third kappa shape index (κ3) is 5.12. The molecule has 2 aliphatic rings. The van der Waals surface area contributed by atoms with Gasteiger partial charge >= 0.3 is 0 Å². The van der Waals surface area contributed by atoms with Crippen LogP contribution in [0.15, 0.2) is 180 Å². The number of aromatic nitrogens is 3. The summed E-state index contributed by atoms with van der Waals surface area (Å²) >= 11 is 0. The van der Waals surface area contributed by atoms with E-state index in [-0.39, 0.29) is 11.8 Å². The second-order valence-electron chi connectivity index (χ2n) is 13.2. The number of nitrogens with zero attached hydrogens (tertiary/aromatic N) is 3. The zero-order valence-electron chi connectivity index (χ0n) is 27.6. The van der Waals surface area contributed by atoms with Gasteiger partial charge in [-0.05, 0) is 51.2 Å². The molecule has 2 heterocycles. The smallest absolute Gasteiger partial charge is 0.164 e. The highest BCUT2D eigenvalue weighted by Gasteiger charge is 2.36. The van der Waals surface area contributed by atoms with Crippen LogP contribution in [0.3, 0.4) is 0 Å². The minimum atomic E-state index is 0.0117. The summed E-state index contributed by atoms with van der Waals surface area (Å²) in [6, 6.07) is 50.6. The van der Waals surface area contributed by atoms with Crippen molar-refractivity contribution in [3.8, 4) is 45.3 Å². The molecule has 2 aromatic heterocycles. The lowest BCUT2D eigenvalue weighted by atomic mass is 9.72. The quantitative estimate of drug-likeness (QED) is 0.185. The molecule has 4 nitrogen and oxygen atoms in total.